The molecular formula is C11H15F3N2O2S. The second kappa shape index (κ2) is 5.79. The van der Waals surface area contributed by atoms with Crippen LogP contribution in [0.4, 0.5) is 18.9 Å². The number of anilines is 1. The second-order valence-electron chi connectivity index (χ2n) is 4.10. The van der Waals surface area contributed by atoms with Crippen molar-refractivity contribution in [1.82, 2.24) is 4.31 Å². The molecule has 1 aromatic rings. The van der Waals surface area contributed by atoms with Crippen LogP contribution >= 0.6 is 0 Å². The minimum Gasteiger partial charge on any atom is -0.384 e. The summed E-state index contributed by atoms with van der Waals surface area (Å²) < 4.78 is 60.9. The largest absolute Gasteiger partial charge is 0.416 e. The number of hydrogen-bond donors (Lipinski definition) is 1. The molecule has 0 saturated heterocycles. The van der Waals surface area contributed by atoms with Crippen molar-refractivity contribution in [2.75, 3.05) is 31.7 Å². The maximum absolute atomic E-state index is 12.3. The third-order valence-corrected chi connectivity index (χ3v) is 4.29. The molecule has 0 radical (unpaired) electrons. The Bertz CT molecular complexity index is 510. The number of nitrogens with zero attached hydrogens (tertiary/aromatic N) is 1. The van der Waals surface area contributed by atoms with Crippen LogP contribution in [0, 0.1) is 0 Å². The van der Waals surface area contributed by atoms with Crippen molar-refractivity contribution in [2.24, 2.45) is 0 Å². The van der Waals surface area contributed by atoms with Crippen LogP contribution in [-0.2, 0) is 16.2 Å². The first-order chi connectivity index (χ1) is 8.63. The van der Waals surface area contributed by atoms with Crippen LogP contribution in [0.3, 0.4) is 0 Å². The van der Waals surface area contributed by atoms with Crippen LogP contribution in [0.2, 0.25) is 0 Å². The lowest BCUT2D eigenvalue weighted by molar-refractivity contribution is -0.137. The molecule has 0 aliphatic heterocycles. The molecule has 0 aliphatic carbocycles. The number of nitrogens with one attached hydrogen (secondary N) is 1. The third kappa shape index (κ3) is 4.71. The van der Waals surface area contributed by atoms with Crippen molar-refractivity contribution < 1.29 is 21.6 Å². The average Bonchev–Trinajstić information content (AvgIpc) is 2.28. The summed E-state index contributed by atoms with van der Waals surface area (Å²) in [6, 6.07) is 4.43. The summed E-state index contributed by atoms with van der Waals surface area (Å²) in [4.78, 5) is 0. The number of halogens is 3. The van der Waals surface area contributed by atoms with Crippen molar-refractivity contribution in [3.63, 3.8) is 0 Å². The van der Waals surface area contributed by atoms with Gasteiger partial charge in [0.15, 0.2) is 0 Å². The standard InChI is InChI=1S/C11H15F3N2O2S/c1-16(2)19(17,18)8-7-15-10-5-3-9(4-6-10)11(12,13)14/h3-6,15H,7-8H2,1-2H3. The predicted octanol–water partition coefficient (Wildman–Crippen LogP) is 2.01. The van der Waals surface area contributed by atoms with E-state index in [1.54, 1.807) is 0 Å². The van der Waals surface area contributed by atoms with Gasteiger partial charge in [-0.3, -0.25) is 0 Å². The molecule has 0 aromatic heterocycles. The van der Waals surface area contributed by atoms with E-state index >= 15 is 0 Å². The first-order valence-corrected chi connectivity index (χ1v) is 7.05. The van der Waals surface area contributed by atoms with Crippen LogP contribution in [0.5, 0.6) is 0 Å². The number of hydrogen-bond acceptors (Lipinski definition) is 3. The predicted molar refractivity (Wildman–Crippen MR) is 67.4 cm³/mol. The molecule has 8 heteroatoms. The van der Waals surface area contributed by atoms with Crippen molar-refractivity contribution in [3.8, 4) is 0 Å². The Hall–Kier alpha value is -1.28. The zero-order chi connectivity index (χ0) is 14.7. The Balaban J connectivity index is 2.56. The van der Waals surface area contributed by atoms with Gasteiger partial charge in [0.25, 0.3) is 0 Å². The summed E-state index contributed by atoms with van der Waals surface area (Å²) in [7, 11) is -0.461. The van der Waals surface area contributed by atoms with Crippen LogP contribution in [0.1, 0.15) is 5.56 Å². The van der Waals surface area contributed by atoms with Crippen LogP contribution < -0.4 is 5.32 Å². The zero-order valence-electron chi connectivity index (χ0n) is 10.5. The first-order valence-electron chi connectivity index (χ1n) is 5.44. The molecule has 0 unspecified atom stereocenters. The highest BCUT2D eigenvalue weighted by atomic mass is 32.2. The average molecular weight is 296 g/mol. The third-order valence-electron chi connectivity index (χ3n) is 2.46. The second-order valence-corrected chi connectivity index (χ2v) is 6.40. The number of alkyl halides is 3. The summed E-state index contributed by atoms with van der Waals surface area (Å²) in [5, 5.41) is 2.76. The van der Waals surface area contributed by atoms with Gasteiger partial charge in [-0.1, -0.05) is 0 Å². The van der Waals surface area contributed by atoms with Gasteiger partial charge in [-0.2, -0.15) is 13.2 Å². The molecule has 0 amide bonds. The number of benzene rings is 1. The van der Waals surface area contributed by atoms with Gasteiger partial charge >= 0.3 is 6.18 Å². The van der Waals surface area contributed by atoms with Gasteiger partial charge in [-0.05, 0) is 24.3 Å². The Morgan fingerprint density at radius 2 is 1.68 bits per heavy atom. The fourth-order valence-electron chi connectivity index (χ4n) is 1.28. The lowest BCUT2D eigenvalue weighted by atomic mass is 10.2. The fraction of sp³-hybridized carbons (Fsp3) is 0.455. The molecule has 1 rings (SSSR count). The molecule has 108 valence electrons. The molecule has 19 heavy (non-hydrogen) atoms. The molecule has 0 aliphatic rings. The fourth-order valence-corrected chi connectivity index (χ4v) is 2.01. The number of rotatable bonds is 5. The van der Waals surface area contributed by atoms with Crippen molar-refractivity contribution in [1.29, 1.82) is 0 Å². The van der Waals surface area contributed by atoms with E-state index in [9.17, 15) is 21.6 Å². The summed E-state index contributed by atoms with van der Waals surface area (Å²) in [6.45, 7) is 0.131. The van der Waals surface area contributed by atoms with E-state index in [2.05, 4.69) is 5.32 Å². The molecule has 0 spiro atoms. The topological polar surface area (TPSA) is 49.4 Å². The molecule has 0 atom stereocenters. The minimum atomic E-state index is -4.37. The zero-order valence-corrected chi connectivity index (χ0v) is 11.3. The molecular weight excluding hydrogens is 281 g/mol. The van der Waals surface area contributed by atoms with Crippen LogP contribution in [0.25, 0.3) is 0 Å². The summed E-state index contributed by atoms with van der Waals surface area (Å²) in [5.74, 6) is -0.124. The molecule has 0 saturated carbocycles. The van der Waals surface area contributed by atoms with Crippen LogP contribution in [-0.4, -0.2) is 39.1 Å². The van der Waals surface area contributed by atoms with Crippen LogP contribution in [0.15, 0.2) is 24.3 Å². The van der Waals surface area contributed by atoms with Gasteiger partial charge in [-0.25, -0.2) is 12.7 Å². The smallest absolute Gasteiger partial charge is 0.384 e. The van der Waals surface area contributed by atoms with E-state index in [-0.39, 0.29) is 12.3 Å². The Kier molecular flexibility index (Phi) is 4.81. The van der Waals surface area contributed by atoms with Gasteiger partial charge in [0.1, 0.15) is 0 Å². The Labute approximate surface area is 110 Å². The van der Waals surface area contributed by atoms with Gasteiger partial charge in [0.05, 0.1) is 11.3 Å². The van der Waals surface area contributed by atoms with Crippen molar-refractivity contribution in [3.05, 3.63) is 29.8 Å². The van der Waals surface area contributed by atoms with Crippen molar-refractivity contribution >= 4 is 15.7 Å². The van der Waals surface area contributed by atoms with Gasteiger partial charge < -0.3 is 5.32 Å². The van der Waals surface area contributed by atoms with Crippen molar-refractivity contribution in [2.45, 2.75) is 6.18 Å². The molecule has 0 heterocycles. The molecule has 1 aromatic carbocycles. The van der Waals surface area contributed by atoms with E-state index in [1.807, 2.05) is 0 Å². The monoisotopic (exact) mass is 296 g/mol. The molecule has 1 N–H and O–H groups in total. The minimum absolute atomic E-state index is 0.124. The van der Waals surface area contributed by atoms with Gasteiger partial charge in [-0.15, -0.1) is 0 Å². The van der Waals surface area contributed by atoms with E-state index in [0.29, 0.717) is 5.69 Å². The summed E-state index contributed by atoms with van der Waals surface area (Å²) in [5.41, 5.74) is -0.291. The van der Waals surface area contributed by atoms with E-state index < -0.39 is 21.8 Å². The highest BCUT2D eigenvalue weighted by Gasteiger charge is 2.29. The highest BCUT2D eigenvalue weighted by molar-refractivity contribution is 7.89. The maximum atomic E-state index is 12.3. The normalized spacial score (nSPS) is 12.7. The SMILES string of the molecule is CN(C)S(=O)(=O)CCNc1ccc(C(F)(F)F)cc1. The van der Waals surface area contributed by atoms with Gasteiger partial charge in [0.2, 0.25) is 10.0 Å². The lowest BCUT2D eigenvalue weighted by Gasteiger charge is -2.12. The maximum Gasteiger partial charge on any atom is 0.416 e. The Morgan fingerprint density at radius 3 is 2.11 bits per heavy atom. The molecule has 0 fully saturated rings. The quantitative estimate of drug-likeness (QED) is 0.904. The summed E-state index contributed by atoms with van der Waals surface area (Å²) in [6.07, 6.45) is -4.37. The Morgan fingerprint density at radius 1 is 1.16 bits per heavy atom. The lowest BCUT2D eigenvalue weighted by Crippen LogP contribution is -2.28. The first kappa shape index (κ1) is 15.8. The van der Waals surface area contributed by atoms with Gasteiger partial charge in [0, 0.05) is 26.3 Å². The number of sulfonamides is 1. The molecule has 0 bridgehead atoms. The highest BCUT2D eigenvalue weighted by Crippen LogP contribution is 2.29. The summed E-state index contributed by atoms with van der Waals surface area (Å²) >= 11 is 0. The van der Waals surface area contributed by atoms with E-state index in [4.69, 9.17) is 0 Å². The van der Waals surface area contributed by atoms with E-state index in [0.717, 1.165) is 16.4 Å². The molecule has 4 nitrogen and oxygen atoms in total. The van der Waals surface area contributed by atoms with E-state index in [1.165, 1.54) is 26.2 Å².